The maximum atomic E-state index is 13.4. The van der Waals surface area contributed by atoms with Gasteiger partial charge in [-0.2, -0.15) is 17.8 Å². The van der Waals surface area contributed by atoms with Gasteiger partial charge in [-0.3, -0.25) is 4.79 Å². The van der Waals surface area contributed by atoms with Crippen LogP contribution in [0.3, 0.4) is 0 Å². The smallest absolute Gasteiger partial charge is 0.313 e. The van der Waals surface area contributed by atoms with Gasteiger partial charge in [0.1, 0.15) is 0 Å². The zero-order valence-electron chi connectivity index (χ0n) is 20.4. The minimum atomic E-state index is -4.16. The molecule has 1 saturated heterocycles. The van der Waals surface area contributed by atoms with Crippen LogP contribution in [0.5, 0.6) is 0 Å². The lowest BCUT2D eigenvalue weighted by Gasteiger charge is -2.44. The average Bonchev–Trinajstić information content (AvgIpc) is 3.31. The minimum absolute atomic E-state index is 0.0517. The van der Waals surface area contributed by atoms with Crippen molar-refractivity contribution < 1.29 is 31.7 Å². The van der Waals surface area contributed by atoms with Gasteiger partial charge < -0.3 is 14.2 Å². The molecule has 1 aliphatic heterocycles. The molecular formula is C26H33NO7S. The maximum absolute atomic E-state index is 13.4. The second kappa shape index (κ2) is 10.8. The van der Waals surface area contributed by atoms with Crippen LogP contribution in [0.2, 0.25) is 0 Å². The predicted octanol–water partition coefficient (Wildman–Crippen LogP) is 4.15. The van der Waals surface area contributed by atoms with Gasteiger partial charge in [0.15, 0.2) is 5.79 Å². The molecule has 2 aliphatic rings. The van der Waals surface area contributed by atoms with Gasteiger partial charge in [0, 0.05) is 12.8 Å². The fourth-order valence-electron chi connectivity index (χ4n) is 4.84. The lowest BCUT2D eigenvalue weighted by molar-refractivity contribution is -0.227. The molecule has 0 radical (unpaired) electrons. The normalized spacial score (nSPS) is 22.9. The van der Waals surface area contributed by atoms with Crippen LogP contribution in [0, 0.1) is 12.8 Å². The van der Waals surface area contributed by atoms with E-state index in [-0.39, 0.29) is 17.9 Å². The molecule has 9 heteroatoms. The molecule has 8 nitrogen and oxygen atoms in total. The molecule has 0 amide bonds. The van der Waals surface area contributed by atoms with E-state index in [4.69, 9.17) is 18.5 Å². The summed E-state index contributed by atoms with van der Waals surface area (Å²) in [5.41, 5.74) is 1.80. The van der Waals surface area contributed by atoms with E-state index in [1.165, 1.54) is 17.2 Å². The van der Waals surface area contributed by atoms with Crippen LogP contribution in [-0.2, 0) is 33.4 Å². The summed E-state index contributed by atoms with van der Waals surface area (Å²) in [5.74, 6) is -1.97. The van der Waals surface area contributed by atoms with E-state index >= 15 is 0 Å². The number of ether oxygens (including phenoxy) is 3. The Morgan fingerprint density at radius 1 is 1.11 bits per heavy atom. The molecule has 2 aromatic rings. The van der Waals surface area contributed by atoms with Crippen molar-refractivity contribution in [2.24, 2.45) is 5.92 Å². The highest BCUT2D eigenvalue weighted by atomic mass is 32.2. The summed E-state index contributed by atoms with van der Waals surface area (Å²) in [6, 6.07) is 15.0. The molecule has 0 aromatic heterocycles. The van der Waals surface area contributed by atoms with Crippen molar-refractivity contribution in [3.8, 4) is 0 Å². The summed E-state index contributed by atoms with van der Waals surface area (Å²) in [7, 11) is -4.16. The molecular weight excluding hydrogens is 470 g/mol. The number of carbonyl (C=O) groups excluding carboxylic acids is 1. The molecule has 0 bridgehead atoms. The number of benzene rings is 2. The van der Waals surface area contributed by atoms with Crippen LogP contribution in [-0.4, -0.2) is 51.1 Å². The molecule has 2 fully saturated rings. The van der Waals surface area contributed by atoms with Gasteiger partial charge in [0.05, 0.1) is 42.7 Å². The van der Waals surface area contributed by atoms with Gasteiger partial charge in [-0.05, 0) is 44.9 Å². The van der Waals surface area contributed by atoms with Crippen LogP contribution in [0.1, 0.15) is 50.3 Å². The molecule has 1 aliphatic carbocycles. The topological polar surface area (TPSA) is 91.4 Å². The summed E-state index contributed by atoms with van der Waals surface area (Å²) >= 11 is 0. The molecule has 0 unspecified atom stereocenters. The van der Waals surface area contributed by atoms with Gasteiger partial charge in [-0.25, -0.2) is 0 Å². The number of nitrogens with zero attached hydrogens (tertiary/aromatic N) is 1. The van der Waals surface area contributed by atoms with Crippen molar-refractivity contribution >= 4 is 16.1 Å². The highest BCUT2D eigenvalue weighted by molar-refractivity contribution is 7.86. The summed E-state index contributed by atoms with van der Waals surface area (Å²) < 4.78 is 49.7. The number of hydrogen-bond donors (Lipinski definition) is 0. The molecule has 35 heavy (non-hydrogen) atoms. The third-order valence-corrected chi connectivity index (χ3v) is 7.92. The monoisotopic (exact) mass is 503 g/mol. The number of rotatable bonds is 8. The zero-order chi connectivity index (χ0) is 25.1. The van der Waals surface area contributed by atoms with E-state index in [9.17, 15) is 13.2 Å². The van der Waals surface area contributed by atoms with Crippen molar-refractivity contribution in [2.45, 2.75) is 62.8 Å². The second-order valence-corrected chi connectivity index (χ2v) is 10.6. The van der Waals surface area contributed by atoms with E-state index in [1.54, 1.807) is 19.1 Å². The predicted molar refractivity (Wildman–Crippen MR) is 129 cm³/mol. The Balaban J connectivity index is 1.71. The Morgan fingerprint density at radius 2 is 1.77 bits per heavy atom. The van der Waals surface area contributed by atoms with Crippen LogP contribution in [0.15, 0.2) is 59.5 Å². The molecule has 3 atom stereocenters. The van der Waals surface area contributed by atoms with E-state index < -0.39 is 39.9 Å². The molecule has 4 rings (SSSR count). The zero-order valence-corrected chi connectivity index (χ0v) is 21.2. The van der Waals surface area contributed by atoms with Crippen molar-refractivity contribution in [1.82, 2.24) is 5.06 Å². The third kappa shape index (κ3) is 5.76. The van der Waals surface area contributed by atoms with Crippen LogP contribution < -0.4 is 0 Å². The Labute approximate surface area is 207 Å². The van der Waals surface area contributed by atoms with Gasteiger partial charge in [-0.15, -0.1) is 0 Å². The Kier molecular flexibility index (Phi) is 7.92. The first-order chi connectivity index (χ1) is 16.7. The molecule has 2 aromatic carbocycles. The molecule has 190 valence electrons. The molecule has 1 spiro atoms. The van der Waals surface area contributed by atoms with Crippen molar-refractivity contribution in [3.05, 3.63) is 65.7 Å². The molecule has 0 N–H and O–H groups in total. The number of esters is 1. The van der Waals surface area contributed by atoms with E-state index in [0.717, 1.165) is 11.1 Å². The van der Waals surface area contributed by atoms with Gasteiger partial charge in [0.25, 0.3) is 0 Å². The Morgan fingerprint density at radius 3 is 2.40 bits per heavy atom. The van der Waals surface area contributed by atoms with Gasteiger partial charge >= 0.3 is 16.1 Å². The average molecular weight is 504 g/mol. The standard InChI is InChI=1S/C26H33NO7S/c1-4-31-25(28)23-18-26(32-16-17-33-26)15-14-24(23)27(20(3)21-8-6-5-7-9-21)34-35(29,30)22-12-10-19(2)11-13-22/h5-13,20,23-24H,4,14-18H2,1-3H3/t20-,23+,24-/m0/s1. The number of hydrogen-bond acceptors (Lipinski definition) is 8. The summed E-state index contributed by atoms with van der Waals surface area (Å²) in [6.45, 7) is 6.64. The number of aryl methyl sites for hydroxylation is 1. The number of carbonyl (C=O) groups is 1. The van der Waals surface area contributed by atoms with E-state index in [2.05, 4.69) is 0 Å². The third-order valence-electron chi connectivity index (χ3n) is 6.70. The second-order valence-electron chi connectivity index (χ2n) is 9.06. The first-order valence-electron chi connectivity index (χ1n) is 12.0. The number of hydroxylamine groups is 2. The van der Waals surface area contributed by atoms with Gasteiger partial charge in [0.2, 0.25) is 0 Å². The highest BCUT2D eigenvalue weighted by Gasteiger charge is 2.51. The fourth-order valence-corrected chi connectivity index (χ4v) is 5.86. The fraction of sp³-hybridized carbons (Fsp3) is 0.500. The van der Waals surface area contributed by atoms with Crippen molar-refractivity contribution in [1.29, 1.82) is 0 Å². The van der Waals surface area contributed by atoms with Gasteiger partial charge in [-0.1, -0.05) is 48.0 Å². The largest absolute Gasteiger partial charge is 0.466 e. The highest BCUT2D eigenvalue weighted by Crippen LogP contribution is 2.43. The summed E-state index contributed by atoms with van der Waals surface area (Å²) in [4.78, 5) is 13.2. The first kappa shape index (κ1) is 25.8. The SMILES string of the molecule is CCOC(=O)[C@@H]1CC2(CC[C@@H]1N(OS(=O)(=O)c1ccc(C)cc1)[C@@H](C)c1ccccc1)OCCO2. The van der Waals surface area contributed by atoms with E-state index in [1.807, 2.05) is 44.2 Å². The lowest BCUT2D eigenvalue weighted by atomic mass is 9.79. The summed E-state index contributed by atoms with van der Waals surface area (Å²) in [5, 5.41) is 1.45. The Hall–Kier alpha value is -2.30. The molecule has 1 saturated carbocycles. The minimum Gasteiger partial charge on any atom is -0.466 e. The maximum Gasteiger partial charge on any atom is 0.313 e. The quantitative estimate of drug-likeness (QED) is 0.392. The first-order valence-corrected chi connectivity index (χ1v) is 13.4. The Bertz CT molecular complexity index is 1100. The van der Waals surface area contributed by atoms with Crippen LogP contribution >= 0.6 is 0 Å². The summed E-state index contributed by atoms with van der Waals surface area (Å²) in [6.07, 6.45) is 1.21. The van der Waals surface area contributed by atoms with Crippen LogP contribution in [0.4, 0.5) is 0 Å². The van der Waals surface area contributed by atoms with Crippen molar-refractivity contribution in [2.75, 3.05) is 19.8 Å². The van der Waals surface area contributed by atoms with Crippen molar-refractivity contribution in [3.63, 3.8) is 0 Å². The van der Waals surface area contributed by atoms with Crippen LogP contribution in [0.25, 0.3) is 0 Å². The lowest BCUT2D eigenvalue weighted by Crippen LogP contribution is -2.53. The molecule has 1 heterocycles. The van der Waals surface area contributed by atoms with E-state index in [0.29, 0.717) is 26.1 Å².